The Kier molecular flexibility index (Phi) is 4.90. The molecule has 0 N–H and O–H groups in total. The van der Waals surface area contributed by atoms with Crippen LogP contribution in [-0.2, 0) is 11.3 Å². The number of rotatable bonds is 3. The van der Waals surface area contributed by atoms with E-state index in [4.69, 9.17) is 9.47 Å². The van der Waals surface area contributed by atoms with Crippen molar-refractivity contribution in [3.05, 3.63) is 54.2 Å². The van der Waals surface area contributed by atoms with Crippen molar-refractivity contribution in [3.63, 3.8) is 0 Å². The maximum Gasteiger partial charge on any atom is 0.225 e. The topological polar surface area (TPSA) is 51.7 Å². The Morgan fingerprint density at radius 3 is 2.79 bits per heavy atom. The lowest BCUT2D eigenvalue weighted by Gasteiger charge is -2.22. The van der Waals surface area contributed by atoms with Gasteiger partial charge in [-0.25, -0.2) is 0 Å². The molecule has 0 bridgehead atoms. The number of hydrogen-bond donors (Lipinski definition) is 0. The molecule has 1 aliphatic heterocycles. The van der Waals surface area contributed by atoms with Crippen LogP contribution in [0.25, 0.3) is 22.0 Å². The molecule has 5 heteroatoms. The Morgan fingerprint density at radius 1 is 1.18 bits per heavy atom. The number of hydrogen-bond acceptors (Lipinski definition) is 4. The van der Waals surface area contributed by atoms with Gasteiger partial charge in [0.15, 0.2) is 11.5 Å². The fourth-order valence-electron chi connectivity index (χ4n) is 3.58. The zero-order chi connectivity index (χ0) is 19.7. The molecule has 2 aromatic carbocycles. The van der Waals surface area contributed by atoms with Crippen LogP contribution in [0.1, 0.15) is 19.4 Å². The van der Waals surface area contributed by atoms with E-state index < -0.39 is 0 Å². The van der Waals surface area contributed by atoms with Gasteiger partial charge in [-0.3, -0.25) is 9.78 Å². The molecule has 1 aliphatic rings. The van der Waals surface area contributed by atoms with Gasteiger partial charge in [0.1, 0.15) is 6.61 Å². The van der Waals surface area contributed by atoms with Crippen molar-refractivity contribution >= 4 is 16.8 Å². The highest BCUT2D eigenvalue weighted by Crippen LogP contribution is 2.38. The summed E-state index contributed by atoms with van der Waals surface area (Å²) in [4.78, 5) is 19.0. The first-order chi connectivity index (χ1) is 13.6. The van der Waals surface area contributed by atoms with Crippen LogP contribution in [0.3, 0.4) is 0 Å². The van der Waals surface area contributed by atoms with Crippen LogP contribution in [0.4, 0.5) is 0 Å². The highest BCUT2D eigenvalue weighted by atomic mass is 16.5. The summed E-state index contributed by atoms with van der Waals surface area (Å²) in [6, 6.07) is 14.2. The maximum atomic E-state index is 12.5. The Morgan fingerprint density at radius 2 is 2.00 bits per heavy atom. The fourth-order valence-corrected chi connectivity index (χ4v) is 3.58. The van der Waals surface area contributed by atoms with Gasteiger partial charge in [-0.2, -0.15) is 0 Å². The number of aromatic nitrogens is 1. The molecule has 5 nitrogen and oxygen atoms in total. The number of ether oxygens (including phenoxy) is 2. The quantitative estimate of drug-likeness (QED) is 0.684. The van der Waals surface area contributed by atoms with E-state index in [1.807, 2.05) is 49.2 Å². The van der Waals surface area contributed by atoms with Crippen molar-refractivity contribution in [1.82, 2.24) is 9.88 Å². The largest absolute Gasteiger partial charge is 0.493 e. The lowest BCUT2D eigenvalue weighted by atomic mass is 10.0. The van der Waals surface area contributed by atoms with E-state index in [-0.39, 0.29) is 11.8 Å². The minimum Gasteiger partial charge on any atom is -0.493 e. The Bertz CT molecular complexity index is 1030. The van der Waals surface area contributed by atoms with Crippen molar-refractivity contribution in [1.29, 1.82) is 0 Å². The minimum absolute atomic E-state index is 0.0451. The number of benzene rings is 2. The van der Waals surface area contributed by atoms with Gasteiger partial charge < -0.3 is 14.4 Å². The van der Waals surface area contributed by atoms with Crippen LogP contribution in [-0.4, -0.2) is 36.1 Å². The summed E-state index contributed by atoms with van der Waals surface area (Å²) < 4.78 is 11.6. The van der Waals surface area contributed by atoms with Gasteiger partial charge in [0.2, 0.25) is 5.91 Å². The van der Waals surface area contributed by atoms with E-state index in [0.717, 1.165) is 33.3 Å². The van der Waals surface area contributed by atoms with Crippen LogP contribution < -0.4 is 9.47 Å². The molecule has 28 heavy (non-hydrogen) atoms. The van der Waals surface area contributed by atoms with Gasteiger partial charge in [0, 0.05) is 35.2 Å². The van der Waals surface area contributed by atoms with Gasteiger partial charge >= 0.3 is 0 Å². The fraction of sp³-hybridized carbons (Fsp3) is 0.304. The predicted octanol–water partition coefficient (Wildman–Crippen LogP) is 4.29. The molecule has 0 unspecified atom stereocenters. The third-order valence-electron chi connectivity index (χ3n) is 5.05. The van der Waals surface area contributed by atoms with E-state index >= 15 is 0 Å². The summed E-state index contributed by atoms with van der Waals surface area (Å²) in [6.07, 6.45) is 1.87. The third kappa shape index (κ3) is 3.40. The second-order valence-electron chi connectivity index (χ2n) is 7.35. The Labute approximate surface area is 164 Å². The SMILES string of the molecule is COc1cc(-c2cnc3ccccc3c2)cc2c1OCCN(C(=O)C(C)C)C2. The Balaban J connectivity index is 1.78. The Hall–Kier alpha value is -3.08. The third-order valence-corrected chi connectivity index (χ3v) is 5.05. The summed E-state index contributed by atoms with van der Waals surface area (Å²) in [5.41, 5.74) is 3.92. The normalized spacial score (nSPS) is 13.8. The average molecular weight is 376 g/mol. The molecule has 3 aromatic rings. The summed E-state index contributed by atoms with van der Waals surface area (Å²) in [5.74, 6) is 1.49. The minimum atomic E-state index is -0.0451. The molecule has 144 valence electrons. The highest BCUT2D eigenvalue weighted by Gasteiger charge is 2.24. The van der Waals surface area contributed by atoms with Crippen LogP contribution in [0, 0.1) is 5.92 Å². The predicted molar refractivity (Wildman–Crippen MR) is 109 cm³/mol. The molecule has 0 spiro atoms. The van der Waals surface area contributed by atoms with Crippen LogP contribution in [0.5, 0.6) is 11.5 Å². The molecule has 0 saturated carbocycles. The summed E-state index contributed by atoms with van der Waals surface area (Å²) >= 11 is 0. The monoisotopic (exact) mass is 376 g/mol. The van der Waals surface area contributed by atoms with E-state index in [1.54, 1.807) is 7.11 Å². The van der Waals surface area contributed by atoms with Gasteiger partial charge in [0.25, 0.3) is 0 Å². The van der Waals surface area contributed by atoms with Crippen molar-refractivity contribution in [3.8, 4) is 22.6 Å². The molecule has 0 saturated heterocycles. The number of methoxy groups -OCH3 is 1. The van der Waals surface area contributed by atoms with Gasteiger partial charge in [-0.1, -0.05) is 32.0 Å². The van der Waals surface area contributed by atoms with Crippen LogP contribution in [0.15, 0.2) is 48.7 Å². The number of fused-ring (bicyclic) bond motifs is 2. The molecule has 4 rings (SSSR count). The van der Waals surface area contributed by atoms with Gasteiger partial charge in [-0.15, -0.1) is 0 Å². The second-order valence-corrected chi connectivity index (χ2v) is 7.35. The van der Waals surface area contributed by atoms with Crippen molar-refractivity contribution in [2.24, 2.45) is 5.92 Å². The van der Waals surface area contributed by atoms with E-state index in [1.165, 1.54) is 0 Å². The first-order valence-corrected chi connectivity index (χ1v) is 9.54. The molecule has 1 aromatic heterocycles. The molecular formula is C23H24N2O3. The maximum absolute atomic E-state index is 12.5. The second kappa shape index (κ2) is 7.50. The number of amides is 1. The molecule has 2 heterocycles. The molecule has 0 aliphatic carbocycles. The molecule has 1 amide bonds. The number of nitrogens with zero attached hydrogens (tertiary/aromatic N) is 2. The zero-order valence-electron chi connectivity index (χ0n) is 16.4. The first-order valence-electron chi connectivity index (χ1n) is 9.54. The summed E-state index contributed by atoms with van der Waals surface area (Å²) in [6.45, 7) is 5.39. The lowest BCUT2D eigenvalue weighted by Crippen LogP contribution is -2.35. The molecular weight excluding hydrogens is 352 g/mol. The van der Waals surface area contributed by atoms with Gasteiger partial charge in [-0.05, 0) is 29.8 Å². The standard InChI is InChI=1S/C23H24N2O3/c1-15(2)23(26)25-8-9-28-22-19(14-25)11-17(12-21(22)27-3)18-10-16-6-4-5-7-20(16)24-13-18/h4-7,10-13,15H,8-9,14H2,1-3H3. The van der Waals surface area contributed by atoms with E-state index in [9.17, 15) is 4.79 Å². The number of pyridine rings is 1. The van der Waals surface area contributed by atoms with Crippen LogP contribution in [0.2, 0.25) is 0 Å². The van der Waals surface area contributed by atoms with E-state index in [0.29, 0.717) is 25.4 Å². The number of carbonyl (C=O) groups is 1. The van der Waals surface area contributed by atoms with Crippen molar-refractivity contribution in [2.75, 3.05) is 20.3 Å². The summed E-state index contributed by atoms with van der Waals surface area (Å²) in [5, 5.41) is 1.08. The van der Waals surface area contributed by atoms with E-state index in [2.05, 4.69) is 23.2 Å². The molecule has 0 atom stereocenters. The van der Waals surface area contributed by atoms with Crippen LogP contribution >= 0.6 is 0 Å². The number of para-hydroxylation sites is 1. The van der Waals surface area contributed by atoms with Gasteiger partial charge in [0.05, 0.1) is 19.2 Å². The average Bonchev–Trinajstić information content (AvgIpc) is 2.94. The zero-order valence-corrected chi connectivity index (χ0v) is 16.4. The van der Waals surface area contributed by atoms with Crippen molar-refractivity contribution < 1.29 is 14.3 Å². The smallest absolute Gasteiger partial charge is 0.225 e. The highest BCUT2D eigenvalue weighted by molar-refractivity contribution is 5.84. The first kappa shape index (κ1) is 18.3. The molecule has 0 radical (unpaired) electrons. The lowest BCUT2D eigenvalue weighted by molar-refractivity contribution is -0.135. The van der Waals surface area contributed by atoms with Crippen molar-refractivity contribution in [2.45, 2.75) is 20.4 Å². The summed E-state index contributed by atoms with van der Waals surface area (Å²) in [7, 11) is 1.64. The molecule has 0 fully saturated rings. The number of carbonyl (C=O) groups excluding carboxylic acids is 1.